The largest absolute Gasteiger partial charge is 0.497 e. The Morgan fingerprint density at radius 1 is 1.41 bits per heavy atom. The molecule has 0 amide bonds. The maximum Gasteiger partial charge on any atom is 0.121 e. The first kappa shape index (κ1) is 13.4. The number of ether oxygens (including phenoxy) is 1. The summed E-state index contributed by atoms with van der Waals surface area (Å²) in [6.07, 6.45) is 1.03. The third-order valence-electron chi connectivity index (χ3n) is 2.93. The second-order valence-corrected chi connectivity index (χ2v) is 4.43. The van der Waals surface area contributed by atoms with Gasteiger partial charge in [-0.1, -0.05) is 20.8 Å². The standard InChI is InChI=1S/C14H20N2O/c1-5-13(10(2)3)16-14-8-12(17-4)7-6-11(14)9-15/h6-8,10,13,16H,5H2,1-4H3. The average Bonchev–Trinajstić information content (AvgIpc) is 2.35. The van der Waals surface area contributed by atoms with E-state index in [4.69, 9.17) is 10.00 Å². The highest BCUT2D eigenvalue weighted by molar-refractivity contribution is 5.60. The fourth-order valence-corrected chi connectivity index (χ4v) is 1.81. The lowest BCUT2D eigenvalue weighted by Gasteiger charge is -2.22. The van der Waals surface area contributed by atoms with E-state index in [1.165, 1.54) is 0 Å². The molecule has 17 heavy (non-hydrogen) atoms. The predicted molar refractivity (Wildman–Crippen MR) is 70.2 cm³/mol. The van der Waals surface area contributed by atoms with E-state index in [1.807, 2.05) is 6.07 Å². The molecule has 0 saturated heterocycles. The van der Waals surface area contributed by atoms with Crippen LogP contribution in [-0.2, 0) is 0 Å². The highest BCUT2D eigenvalue weighted by Crippen LogP contribution is 2.24. The van der Waals surface area contributed by atoms with Gasteiger partial charge < -0.3 is 10.1 Å². The normalized spacial score (nSPS) is 12.0. The van der Waals surface area contributed by atoms with Crippen LogP contribution < -0.4 is 10.1 Å². The predicted octanol–water partition coefficient (Wildman–Crippen LogP) is 3.41. The maximum absolute atomic E-state index is 9.08. The van der Waals surface area contributed by atoms with Gasteiger partial charge in [-0.2, -0.15) is 5.26 Å². The maximum atomic E-state index is 9.08. The van der Waals surface area contributed by atoms with Crippen LogP contribution in [0.25, 0.3) is 0 Å². The fourth-order valence-electron chi connectivity index (χ4n) is 1.81. The zero-order valence-corrected chi connectivity index (χ0v) is 10.9. The molecule has 92 valence electrons. The van der Waals surface area contributed by atoms with Gasteiger partial charge in [-0.05, 0) is 24.5 Å². The molecule has 1 aromatic rings. The molecule has 0 aromatic heterocycles. The summed E-state index contributed by atoms with van der Waals surface area (Å²) in [5.74, 6) is 1.29. The molecular weight excluding hydrogens is 212 g/mol. The molecule has 0 heterocycles. The van der Waals surface area contributed by atoms with Crippen LogP contribution in [0.4, 0.5) is 5.69 Å². The van der Waals surface area contributed by atoms with Gasteiger partial charge in [-0.3, -0.25) is 0 Å². The van der Waals surface area contributed by atoms with Crippen molar-refractivity contribution in [3.05, 3.63) is 23.8 Å². The Kier molecular flexibility index (Phi) is 4.84. The Balaban J connectivity index is 2.99. The molecule has 1 atom stereocenters. The van der Waals surface area contributed by atoms with Crippen LogP contribution in [0.3, 0.4) is 0 Å². The average molecular weight is 232 g/mol. The van der Waals surface area contributed by atoms with Crippen LogP contribution in [0, 0.1) is 17.2 Å². The number of methoxy groups -OCH3 is 1. The Morgan fingerprint density at radius 2 is 2.12 bits per heavy atom. The summed E-state index contributed by atoms with van der Waals surface area (Å²) < 4.78 is 5.18. The number of nitrogens with zero attached hydrogens (tertiary/aromatic N) is 1. The summed E-state index contributed by atoms with van der Waals surface area (Å²) in [6.45, 7) is 6.49. The lowest BCUT2D eigenvalue weighted by Crippen LogP contribution is -2.25. The van der Waals surface area contributed by atoms with Gasteiger partial charge in [0.25, 0.3) is 0 Å². The van der Waals surface area contributed by atoms with E-state index in [2.05, 4.69) is 32.2 Å². The first-order valence-electron chi connectivity index (χ1n) is 5.97. The van der Waals surface area contributed by atoms with E-state index in [1.54, 1.807) is 19.2 Å². The minimum Gasteiger partial charge on any atom is -0.497 e. The molecule has 1 rings (SSSR count). The van der Waals surface area contributed by atoms with E-state index >= 15 is 0 Å². The van der Waals surface area contributed by atoms with Gasteiger partial charge in [-0.25, -0.2) is 0 Å². The number of anilines is 1. The van der Waals surface area contributed by atoms with Crippen molar-refractivity contribution in [1.29, 1.82) is 5.26 Å². The molecule has 0 saturated carbocycles. The quantitative estimate of drug-likeness (QED) is 0.846. The van der Waals surface area contributed by atoms with Crippen LogP contribution in [0.15, 0.2) is 18.2 Å². The summed E-state index contributed by atoms with van der Waals surface area (Å²) in [5, 5.41) is 12.5. The Bertz CT molecular complexity index is 407. The summed E-state index contributed by atoms with van der Waals surface area (Å²) in [4.78, 5) is 0. The highest BCUT2D eigenvalue weighted by atomic mass is 16.5. The SMILES string of the molecule is CCC(Nc1cc(OC)ccc1C#N)C(C)C. The summed E-state index contributed by atoms with van der Waals surface area (Å²) in [6, 6.07) is 8.04. The van der Waals surface area contributed by atoms with Crippen molar-refractivity contribution in [2.45, 2.75) is 33.2 Å². The molecule has 1 aromatic carbocycles. The number of nitrogens with one attached hydrogen (secondary N) is 1. The first-order valence-corrected chi connectivity index (χ1v) is 5.97. The summed E-state index contributed by atoms with van der Waals surface area (Å²) in [5.41, 5.74) is 1.51. The first-order chi connectivity index (χ1) is 8.12. The van der Waals surface area contributed by atoms with Crippen molar-refractivity contribution in [2.24, 2.45) is 5.92 Å². The number of rotatable bonds is 5. The Labute approximate surface area is 103 Å². The van der Waals surface area contributed by atoms with Crippen LogP contribution in [0.5, 0.6) is 5.75 Å². The summed E-state index contributed by atoms with van der Waals surface area (Å²) >= 11 is 0. The van der Waals surface area contributed by atoms with Crippen LogP contribution in [-0.4, -0.2) is 13.2 Å². The number of hydrogen-bond acceptors (Lipinski definition) is 3. The van der Waals surface area contributed by atoms with Crippen molar-refractivity contribution in [3.63, 3.8) is 0 Å². The summed E-state index contributed by atoms with van der Waals surface area (Å²) in [7, 11) is 1.63. The molecule has 1 N–H and O–H groups in total. The van der Waals surface area contributed by atoms with E-state index in [-0.39, 0.29) is 0 Å². The van der Waals surface area contributed by atoms with E-state index in [9.17, 15) is 0 Å². The molecule has 0 fully saturated rings. The van der Waals surface area contributed by atoms with E-state index < -0.39 is 0 Å². The van der Waals surface area contributed by atoms with Gasteiger partial charge in [-0.15, -0.1) is 0 Å². The molecule has 0 aliphatic carbocycles. The van der Waals surface area contributed by atoms with Crippen LogP contribution >= 0.6 is 0 Å². The zero-order valence-electron chi connectivity index (χ0n) is 10.9. The van der Waals surface area contributed by atoms with Crippen molar-refractivity contribution >= 4 is 5.69 Å². The molecule has 0 aliphatic rings. The van der Waals surface area contributed by atoms with Gasteiger partial charge in [0.15, 0.2) is 0 Å². The van der Waals surface area contributed by atoms with Crippen LogP contribution in [0.2, 0.25) is 0 Å². The van der Waals surface area contributed by atoms with Gasteiger partial charge in [0.05, 0.1) is 18.4 Å². The number of benzene rings is 1. The molecule has 0 bridgehead atoms. The molecular formula is C14H20N2O. The third kappa shape index (κ3) is 3.39. The second kappa shape index (κ2) is 6.15. The number of hydrogen-bond donors (Lipinski definition) is 1. The third-order valence-corrected chi connectivity index (χ3v) is 2.93. The van der Waals surface area contributed by atoms with Crippen molar-refractivity contribution in [1.82, 2.24) is 0 Å². The smallest absolute Gasteiger partial charge is 0.121 e. The minimum atomic E-state index is 0.370. The van der Waals surface area contributed by atoms with Gasteiger partial charge in [0.2, 0.25) is 0 Å². The van der Waals surface area contributed by atoms with E-state index in [0.29, 0.717) is 17.5 Å². The molecule has 0 aliphatic heterocycles. The topological polar surface area (TPSA) is 45.0 Å². The van der Waals surface area contributed by atoms with Crippen molar-refractivity contribution in [2.75, 3.05) is 12.4 Å². The lowest BCUT2D eigenvalue weighted by atomic mass is 10.0. The Morgan fingerprint density at radius 3 is 2.59 bits per heavy atom. The molecule has 1 unspecified atom stereocenters. The Hall–Kier alpha value is -1.69. The fraction of sp³-hybridized carbons (Fsp3) is 0.500. The van der Waals surface area contributed by atoms with Gasteiger partial charge in [0, 0.05) is 12.1 Å². The minimum absolute atomic E-state index is 0.370. The zero-order chi connectivity index (χ0) is 12.8. The van der Waals surface area contributed by atoms with Crippen molar-refractivity contribution < 1.29 is 4.74 Å². The highest BCUT2D eigenvalue weighted by Gasteiger charge is 2.13. The number of nitriles is 1. The molecule has 3 heteroatoms. The molecule has 3 nitrogen and oxygen atoms in total. The monoisotopic (exact) mass is 232 g/mol. The van der Waals surface area contributed by atoms with Gasteiger partial charge >= 0.3 is 0 Å². The molecule has 0 spiro atoms. The van der Waals surface area contributed by atoms with Gasteiger partial charge in [0.1, 0.15) is 11.8 Å². The second-order valence-electron chi connectivity index (χ2n) is 4.43. The molecule has 0 radical (unpaired) electrons. The van der Waals surface area contributed by atoms with E-state index in [0.717, 1.165) is 17.9 Å². The van der Waals surface area contributed by atoms with Crippen LogP contribution in [0.1, 0.15) is 32.8 Å². The lowest BCUT2D eigenvalue weighted by molar-refractivity contribution is 0.414. The van der Waals surface area contributed by atoms with Crippen molar-refractivity contribution in [3.8, 4) is 11.8 Å².